The largest absolute Gasteiger partial charge is 0.330 e. The highest BCUT2D eigenvalue weighted by atomic mass is 15.0. The van der Waals surface area contributed by atoms with E-state index in [1.165, 1.54) is 0 Å². The van der Waals surface area contributed by atoms with Crippen molar-refractivity contribution in [3.8, 4) is 0 Å². The van der Waals surface area contributed by atoms with Crippen molar-refractivity contribution in [3.05, 3.63) is 12.2 Å². The number of nitrogens with two attached hydrogens (primary N) is 2. The summed E-state index contributed by atoms with van der Waals surface area (Å²) in [5.74, 6) is 0.483. The third-order valence-corrected chi connectivity index (χ3v) is 4.13. The van der Waals surface area contributed by atoms with Gasteiger partial charge in [-0.05, 0) is 38.1 Å². The molecule has 0 bridgehead atoms. The summed E-state index contributed by atoms with van der Waals surface area (Å²) in [7, 11) is 0. The summed E-state index contributed by atoms with van der Waals surface area (Å²) >= 11 is 0. The molecule has 1 saturated carbocycles. The quantitative estimate of drug-likeness (QED) is 0.275. The van der Waals surface area contributed by atoms with E-state index in [-0.39, 0.29) is 17.5 Å². The Morgan fingerprint density at radius 2 is 2.33 bits per heavy atom. The van der Waals surface area contributed by atoms with E-state index >= 15 is 0 Å². The van der Waals surface area contributed by atoms with Crippen LogP contribution < -0.4 is 11.5 Å². The van der Waals surface area contributed by atoms with E-state index in [0.717, 1.165) is 32.2 Å². The van der Waals surface area contributed by atoms with Gasteiger partial charge < -0.3 is 11.5 Å². The summed E-state index contributed by atoms with van der Waals surface area (Å²) in [6.45, 7) is 1.49. The number of nitrogens with one attached hydrogen (secondary N) is 1. The predicted molar refractivity (Wildman–Crippen MR) is 72.9 cm³/mol. The molecule has 4 unspecified atom stereocenters. The first-order chi connectivity index (χ1) is 8.74. The fourth-order valence-electron chi connectivity index (χ4n) is 2.93. The van der Waals surface area contributed by atoms with E-state index in [1.54, 1.807) is 0 Å². The highest BCUT2D eigenvalue weighted by molar-refractivity contribution is 5.68. The Morgan fingerprint density at radius 1 is 1.50 bits per heavy atom. The predicted octanol–water partition coefficient (Wildman–Crippen LogP) is 1.49. The second kappa shape index (κ2) is 5.71. The Kier molecular flexibility index (Phi) is 4.24. The Labute approximate surface area is 108 Å². The van der Waals surface area contributed by atoms with Crippen LogP contribution in [0.3, 0.4) is 0 Å². The molecule has 0 aliphatic heterocycles. The van der Waals surface area contributed by atoms with Crippen molar-refractivity contribution >= 4 is 6.21 Å². The van der Waals surface area contributed by atoms with Crippen LogP contribution in [0.15, 0.2) is 22.3 Å². The highest BCUT2D eigenvalue weighted by Crippen LogP contribution is 2.60. The van der Waals surface area contributed by atoms with E-state index < -0.39 is 0 Å². The molecule has 1 fully saturated rings. The van der Waals surface area contributed by atoms with Crippen molar-refractivity contribution in [2.75, 3.05) is 13.1 Å². The lowest BCUT2D eigenvalue weighted by molar-refractivity contribution is 0.437. The first kappa shape index (κ1) is 13.4. The van der Waals surface area contributed by atoms with E-state index in [2.05, 4.69) is 22.3 Å². The van der Waals surface area contributed by atoms with Gasteiger partial charge in [0.2, 0.25) is 0 Å². The molecule has 0 saturated heterocycles. The molecule has 0 heterocycles. The van der Waals surface area contributed by atoms with Crippen molar-refractivity contribution in [3.63, 3.8) is 0 Å². The van der Waals surface area contributed by atoms with Gasteiger partial charge in [-0.1, -0.05) is 12.2 Å². The van der Waals surface area contributed by atoms with Crippen LogP contribution in [0.1, 0.15) is 25.7 Å². The molecule has 2 rings (SSSR count). The average Bonchev–Trinajstić information content (AvgIpc) is 3.11. The highest BCUT2D eigenvalue weighted by Gasteiger charge is 2.60. The van der Waals surface area contributed by atoms with Crippen LogP contribution in [-0.2, 0) is 0 Å². The third-order valence-electron chi connectivity index (χ3n) is 4.13. The Morgan fingerprint density at radius 3 is 3.06 bits per heavy atom. The van der Waals surface area contributed by atoms with Gasteiger partial charge in [0.1, 0.15) is 6.04 Å². The first-order valence-electron chi connectivity index (χ1n) is 6.74. The second-order valence-corrected chi connectivity index (χ2v) is 5.35. The molecule has 5 N–H and O–H groups in total. The number of rotatable bonds is 7. The van der Waals surface area contributed by atoms with Gasteiger partial charge in [0, 0.05) is 24.2 Å². The summed E-state index contributed by atoms with van der Waals surface area (Å²) in [5, 5.41) is 3.75. The molecule has 18 heavy (non-hydrogen) atoms. The lowest BCUT2D eigenvalue weighted by atomic mass is 9.86. The molecule has 0 aromatic rings. The Hall–Kier alpha value is -1.07. The van der Waals surface area contributed by atoms with Gasteiger partial charge >= 0.3 is 0 Å². The summed E-state index contributed by atoms with van der Waals surface area (Å²) in [5.41, 5.74) is 18.9. The maximum Gasteiger partial charge on any atom is 0.114 e. The SMILES string of the molecule is N=NC(C=NCCCCN)C12C=CCC(N)C1C2. The van der Waals surface area contributed by atoms with Crippen molar-refractivity contribution in [1.82, 2.24) is 0 Å². The van der Waals surface area contributed by atoms with Gasteiger partial charge in [0.15, 0.2) is 0 Å². The van der Waals surface area contributed by atoms with Crippen molar-refractivity contribution < 1.29 is 0 Å². The van der Waals surface area contributed by atoms with Crippen LogP contribution >= 0.6 is 0 Å². The van der Waals surface area contributed by atoms with Crippen LogP contribution in [0, 0.1) is 16.9 Å². The van der Waals surface area contributed by atoms with Crippen molar-refractivity contribution in [2.24, 2.45) is 32.9 Å². The molecule has 4 atom stereocenters. The summed E-state index contributed by atoms with van der Waals surface area (Å²) < 4.78 is 0. The van der Waals surface area contributed by atoms with E-state index in [9.17, 15) is 0 Å². The fraction of sp³-hybridized carbons (Fsp3) is 0.769. The standard InChI is InChI=1S/C13H23N5/c14-6-1-2-7-17-9-12(18-16)13-5-3-4-11(15)10(13)8-13/h3,5,9-12,16H,1-2,4,6-8,14-15H2. The minimum atomic E-state index is -0.136. The first-order valence-corrected chi connectivity index (χ1v) is 6.74. The molecule has 0 spiro atoms. The normalized spacial score (nSPS) is 35.4. The van der Waals surface area contributed by atoms with Gasteiger partial charge in [0.05, 0.1) is 0 Å². The van der Waals surface area contributed by atoms with Gasteiger partial charge in [-0.2, -0.15) is 5.11 Å². The average molecular weight is 249 g/mol. The molecule has 5 heteroatoms. The number of hydrogen-bond acceptors (Lipinski definition) is 5. The van der Waals surface area contributed by atoms with E-state index in [1.807, 2.05) is 6.21 Å². The number of aliphatic imine (C=N–C) groups is 1. The van der Waals surface area contributed by atoms with Crippen LogP contribution in [-0.4, -0.2) is 31.4 Å². The lowest BCUT2D eigenvalue weighted by Gasteiger charge is -2.23. The molecular weight excluding hydrogens is 226 g/mol. The second-order valence-electron chi connectivity index (χ2n) is 5.35. The fourth-order valence-corrected chi connectivity index (χ4v) is 2.93. The van der Waals surface area contributed by atoms with Crippen LogP contribution in [0.5, 0.6) is 0 Å². The molecule has 2 aliphatic carbocycles. The zero-order valence-corrected chi connectivity index (χ0v) is 10.8. The molecule has 5 nitrogen and oxygen atoms in total. The molecule has 0 aromatic heterocycles. The van der Waals surface area contributed by atoms with Gasteiger partial charge in [0.25, 0.3) is 0 Å². The third kappa shape index (κ3) is 2.52. The summed E-state index contributed by atoms with van der Waals surface area (Å²) in [6, 6.07) is 0.0906. The molecular formula is C13H23N5. The van der Waals surface area contributed by atoms with Crippen LogP contribution in [0.25, 0.3) is 0 Å². The topological polar surface area (TPSA) is 101 Å². The molecule has 0 radical (unpaired) electrons. The Bertz CT molecular complexity index is 351. The summed E-state index contributed by atoms with van der Waals surface area (Å²) in [6.07, 6.45) is 10.2. The molecule has 2 aliphatic rings. The van der Waals surface area contributed by atoms with Gasteiger partial charge in [-0.25, -0.2) is 5.53 Å². The van der Waals surface area contributed by atoms with Crippen LogP contribution in [0.4, 0.5) is 0 Å². The van der Waals surface area contributed by atoms with Crippen molar-refractivity contribution in [2.45, 2.75) is 37.8 Å². The summed E-state index contributed by atoms with van der Waals surface area (Å²) in [4.78, 5) is 4.38. The Balaban J connectivity index is 1.92. The molecule has 100 valence electrons. The van der Waals surface area contributed by atoms with E-state index in [0.29, 0.717) is 12.5 Å². The zero-order chi connectivity index (χ0) is 13.0. The monoisotopic (exact) mass is 249 g/mol. The number of hydrogen-bond donors (Lipinski definition) is 3. The number of fused-ring (bicyclic) bond motifs is 1. The minimum absolute atomic E-state index is 0.00319. The maximum absolute atomic E-state index is 7.37. The maximum atomic E-state index is 7.37. The van der Waals surface area contributed by atoms with Gasteiger partial charge in [-0.15, -0.1) is 0 Å². The van der Waals surface area contributed by atoms with Gasteiger partial charge in [-0.3, -0.25) is 4.99 Å². The van der Waals surface area contributed by atoms with Crippen LogP contribution in [0.2, 0.25) is 0 Å². The molecule has 0 aromatic carbocycles. The lowest BCUT2D eigenvalue weighted by Crippen LogP contribution is -2.32. The molecule has 0 amide bonds. The zero-order valence-electron chi connectivity index (χ0n) is 10.8. The number of unbranched alkanes of at least 4 members (excludes halogenated alkanes) is 1. The van der Waals surface area contributed by atoms with E-state index in [4.69, 9.17) is 17.0 Å². The smallest absolute Gasteiger partial charge is 0.114 e. The van der Waals surface area contributed by atoms with Crippen molar-refractivity contribution in [1.29, 1.82) is 5.53 Å². The minimum Gasteiger partial charge on any atom is -0.330 e. The number of nitrogens with zero attached hydrogens (tertiary/aromatic N) is 2.